The minimum Gasteiger partial charge on any atom is -0.381 e. The van der Waals surface area contributed by atoms with Crippen molar-refractivity contribution < 1.29 is 0 Å². The monoisotopic (exact) mass is 240 g/mol. The van der Waals surface area contributed by atoms with E-state index in [2.05, 4.69) is 44.8 Å². The number of H-pyrrole nitrogens is 2. The summed E-state index contributed by atoms with van der Waals surface area (Å²) in [4.78, 5) is 3.19. The summed E-state index contributed by atoms with van der Waals surface area (Å²) in [6.45, 7) is 4.87. The van der Waals surface area contributed by atoms with Crippen LogP contribution in [0, 0.1) is 13.8 Å². The van der Waals surface area contributed by atoms with Gasteiger partial charge in [0.05, 0.1) is 5.69 Å². The highest BCUT2D eigenvalue weighted by atomic mass is 15.1. The normalized spacial score (nSPS) is 11.0. The van der Waals surface area contributed by atoms with Crippen molar-refractivity contribution in [1.82, 2.24) is 15.2 Å². The number of benzene rings is 1. The van der Waals surface area contributed by atoms with E-state index in [9.17, 15) is 0 Å². The minimum atomic E-state index is 0.796. The smallest absolute Gasteiger partial charge is 0.0643 e. The molecule has 0 amide bonds. The van der Waals surface area contributed by atoms with Crippen LogP contribution in [-0.2, 0) is 6.54 Å². The first-order valence-corrected chi connectivity index (χ1v) is 6.05. The Labute approximate surface area is 105 Å². The molecule has 0 fully saturated rings. The molecule has 0 saturated heterocycles. The first kappa shape index (κ1) is 10.9. The number of anilines is 1. The van der Waals surface area contributed by atoms with E-state index in [-0.39, 0.29) is 0 Å². The van der Waals surface area contributed by atoms with E-state index < -0.39 is 0 Å². The number of nitrogens with zero attached hydrogens (tertiary/aromatic N) is 1. The van der Waals surface area contributed by atoms with Gasteiger partial charge in [0, 0.05) is 40.6 Å². The van der Waals surface area contributed by atoms with Crippen LogP contribution >= 0.6 is 0 Å². The van der Waals surface area contributed by atoms with Crippen LogP contribution in [-0.4, -0.2) is 15.2 Å². The standard InChI is InChI=1S/C14H16N4/c1-9-13(10(2)18-17-9)8-16-12-3-4-14-11(7-12)5-6-15-14/h3-7,15-16H,8H2,1-2H3,(H,17,18). The Kier molecular flexibility index (Phi) is 2.55. The van der Waals surface area contributed by atoms with Gasteiger partial charge in [-0.25, -0.2) is 0 Å². The van der Waals surface area contributed by atoms with Crippen molar-refractivity contribution in [2.24, 2.45) is 0 Å². The Morgan fingerprint density at radius 2 is 2.11 bits per heavy atom. The van der Waals surface area contributed by atoms with Crippen molar-refractivity contribution in [3.8, 4) is 0 Å². The van der Waals surface area contributed by atoms with Gasteiger partial charge < -0.3 is 10.3 Å². The topological polar surface area (TPSA) is 56.5 Å². The quantitative estimate of drug-likeness (QED) is 0.658. The number of rotatable bonds is 3. The van der Waals surface area contributed by atoms with E-state index in [1.54, 1.807) is 0 Å². The zero-order valence-electron chi connectivity index (χ0n) is 10.5. The second-order valence-corrected chi connectivity index (χ2v) is 4.55. The maximum atomic E-state index is 4.20. The van der Waals surface area contributed by atoms with E-state index >= 15 is 0 Å². The Morgan fingerprint density at radius 1 is 1.22 bits per heavy atom. The molecule has 4 heteroatoms. The summed E-state index contributed by atoms with van der Waals surface area (Å²) < 4.78 is 0. The van der Waals surface area contributed by atoms with Crippen molar-refractivity contribution >= 4 is 16.6 Å². The SMILES string of the molecule is Cc1n[nH]c(C)c1CNc1ccc2[nH]ccc2c1. The molecule has 0 bridgehead atoms. The maximum absolute atomic E-state index is 4.20. The largest absolute Gasteiger partial charge is 0.381 e. The Morgan fingerprint density at radius 3 is 2.89 bits per heavy atom. The van der Waals surface area contributed by atoms with Gasteiger partial charge in [0.15, 0.2) is 0 Å². The van der Waals surface area contributed by atoms with Gasteiger partial charge in [-0.1, -0.05) is 0 Å². The van der Waals surface area contributed by atoms with E-state index in [4.69, 9.17) is 0 Å². The van der Waals surface area contributed by atoms with Gasteiger partial charge in [-0.15, -0.1) is 0 Å². The molecular formula is C14H16N4. The molecule has 0 aliphatic heterocycles. The highest BCUT2D eigenvalue weighted by Gasteiger charge is 2.05. The Balaban J connectivity index is 1.80. The average Bonchev–Trinajstić information content (AvgIpc) is 2.94. The van der Waals surface area contributed by atoms with E-state index in [0.717, 1.165) is 29.1 Å². The van der Waals surface area contributed by atoms with Crippen molar-refractivity contribution in [2.75, 3.05) is 5.32 Å². The fourth-order valence-electron chi connectivity index (χ4n) is 2.19. The Bertz CT molecular complexity index is 658. The molecule has 3 aromatic rings. The summed E-state index contributed by atoms with van der Waals surface area (Å²) in [5.41, 5.74) is 5.72. The number of hydrogen-bond acceptors (Lipinski definition) is 2. The molecule has 0 atom stereocenters. The number of aromatic nitrogens is 3. The molecule has 0 aliphatic carbocycles. The summed E-state index contributed by atoms with van der Waals surface area (Å²) in [7, 11) is 0. The van der Waals surface area contributed by atoms with Crippen molar-refractivity contribution in [1.29, 1.82) is 0 Å². The maximum Gasteiger partial charge on any atom is 0.0643 e. The number of hydrogen-bond donors (Lipinski definition) is 3. The summed E-state index contributed by atoms with van der Waals surface area (Å²) in [6.07, 6.45) is 1.96. The van der Waals surface area contributed by atoms with Crippen LogP contribution in [0.4, 0.5) is 5.69 Å². The summed E-state index contributed by atoms with van der Waals surface area (Å²) in [6, 6.07) is 8.40. The number of aryl methyl sites for hydroxylation is 2. The van der Waals surface area contributed by atoms with E-state index in [1.165, 1.54) is 10.9 Å². The predicted octanol–water partition coefficient (Wildman–Crippen LogP) is 3.12. The van der Waals surface area contributed by atoms with Crippen molar-refractivity contribution in [3.63, 3.8) is 0 Å². The van der Waals surface area contributed by atoms with Gasteiger partial charge in [0.1, 0.15) is 0 Å². The predicted molar refractivity (Wildman–Crippen MR) is 73.7 cm³/mol. The third-order valence-electron chi connectivity index (χ3n) is 3.30. The number of nitrogens with one attached hydrogen (secondary N) is 3. The first-order valence-electron chi connectivity index (χ1n) is 6.05. The molecular weight excluding hydrogens is 224 g/mol. The van der Waals surface area contributed by atoms with Crippen LogP contribution in [0.2, 0.25) is 0 Å². The highest BCUT2D eigenvalue weighted by Crippen LogP contribution is 2.19. The van der Waals surface area contributed by atoms with Crippen LogP contribution in [0.1, 0.15) is 17.0 Å². The highest BCUT2D eigenvalue weighted by molar-refractivity contribution is 5.82. The number of aromatic amines is 2. The lowest BCUT2D eigenvalue weighted by molar-refractivity contribution is 1.02. The molecule has 1 aromatic carbocycles. The molecule has 4 nitrogen and oxygen atoms in total. The van der Waals surface area contributed by atoms with Gasteiger partial charge in [-0.05, 0) is 38.1 Å². The molecule has 3 N–H and O–H groups in total. The summed E-state index contributed by atoms with van der Waals surface area (Å²) in [5, 5.41) is 11.9. The zero-order valence-corrected chi connectivity index (χ0v) is 10.5. The second kappa shape index (κ2) is 4.22. The lowest BCUT2D eigenvalue weighted by Gasteiger charge is -2.06. The molecule has 3 rings (SSSR count). The third-order valence-corrected chi connectivity index (χ3v) is 3.30. The van der Waals surface area contributed by atoms with E-state index in [1.807, 2.05) is 20.0 Å². The lowest BCUT2D eigenvalue weighted by atomic mass is 10.2. The average molecular weight is 240 g/mol. The van der Waals surface area contributed by atoms with Gasteiger partial charge in [0.25, 0.3) is 0 Å². The first-order chi connectivity index (χ1) is 8.74. The summed E-state index contributed by atoms with van der Waals surface area (Å²) >= 11 is 0. The third kappa shape index (κ3) is 1.86. The van der Waals surface area contributed by atoms with Crippen molar-refractivity contribution in [3.05, 3.63) is 47.4 Å². The van der Waals surface area contributed by atoms with Crippen LogP contribution in [0.3, 0.4) is 0 Å². The second-order valence-electron chi connectivity index (χ2n) is 4.55. The molecule has 0 unspecified atom stereocenters. The molecule has 0 aliphatic rings. The number of fused-ring (bicyclic) bond motifs is 1. The molecule has 2 heterocycles. The molecule has 0 radical (unpaired) electrons. The fraction of sp³-hybridized carbons (Fsp3) is 0.214. The van der Waals surface area contributed by atoms with Crippen LogP contribution in [0.15, 0.2) is 30.5 Å². The molecule has 2 aromatic heterocycles. The van der Waals surface area contributed by atoms with Gasteiger partial charge in [-0.3, -0.25) is 5.10 Å². The van der Waals surface area contributed by atoms with E-state index in [0.29, 0.717) is 0 Å². The van der Waals surface area contributed by atoms with Crippen molar-refractivity contribution in [2.45, 2.75) is 20.4 Å². The minimum absolute atomic E-state index is 0.796. The summed E-state index contributed by atoms with van der Waals surface area (Å²) in [5.74, 6) is 0. The molecule has 92 valence electrons. The Hall–Kier alpha value is -2.23. The van der Waals surface area contributed by atoms with Crippen LogP contribution < -0.4 is 5.32 Å². The van der Waals surface area contributed by atoms with Gasteiger partial charge in [0.2, 0.25) is 0 Å². The zero-order chi connectivity index (χ0) is 12.5. The molecule has 0 saturated carbocycles. The fourth-order valence-corrected chi connectivity index (χ4v) is 2.19. The van der Waals surface area contributed by atoms with Crippen LogP contribution in [0.5, 0.6) is 0 Å². The van der Waals surface area contributed by atoms with Gasteiger partial charge in [-0.2, -0.15) is 5.10 Å². The molecule has 18 heavy (non-hydrogen) atoms. The van der Waals surface area contributed by atoms with Gasteiger partial charge >= 0.3 is 0 Å². The lowest BCUT2D eigenvalue weighted by Crippen LogP contribution is -2.01. The van der Waals surface area contributed by atoms with Crippen LogP contribution in [0.25, 0.3) is 10.9 Å². The molecule has 0 spiro atoms.